The molecule has 0 aromatic heterocycles. The highest BCUT2D eigenvalue weighted by Crippen LogP contribution is 2.23. The minimum absolute atomic E-state index is 0.0415. The molecule has 7 unspecified atom stereocenters. The van der Waals surface area contributed by atoms with Gasteiger partial charge in [0.05, 0.1) is 32.0 Å². The first-order chi connectivity index (χ1) is 34.7. The highest BCUT2D eigenvalue weighted by atomic mass is 16.7. The van der Waals surface area contributed by atoms with Crippen molar-refractivity contribution in [3.05, 3.63) is 72.9 Å². The van der Waals surface area contributed by atoms with Crippen LogP contribution in [0.1, 0.15) is 232 Å². The lowest BCUT2D eigenvalue weighted by atomic mass is 9.99. The molecular formula is C60H105NO10. The summed E-state index contributed by atoms with van der Waals surface area (Å²) in [6.45, 7) is 4.18. The van der Waals surface area contributed by atoms with Gasteiger partial charge in [-0.3, -0.25) is 9.59 Å². The first kappa shape index (κ1) is 66.1. The predicted molar refractivity (Wildman–Crippen MR) is 292 cm³/mol. The molecule has 1 aliphatic rings. The van der Waals surface area contributed by atoms with Gasteiger partial charge in [0.15, 0.2) is 6.29 Å². The van der Waals surface area contributed by atoms with Crippen molar-refractivity contribution in [1.29, 1.82) is 0 Å². The van der Waals surface area contributed by atoms with E-state index in [0.717, 1.165) is 103 Å². The van der Waals surface area contributed by atoms with Gasteiger partial charge in [-0.25, -0.2) is 0 Å². The molecule has 0 saturated carbocycles. The summed E-state index contributed by atoms with van der Waals surface area (Å²) in [5, 5.41) is 54.3. The van der Waals surface area contributed by atoms with E-state index in [2.05, 4.69) is 79.9 Å². The number of amides is 1. The van der Waals surface area contributed by atoms with Gasteiger partial charge in [0, 0.05) is 12.8 Å². The normalized spacial score (nSPS) is 19.7. The second-order valence-electron chi connectivity index (χ2n) is 19.6. The monoisotopic (exact) mass is 1000 g/mol. The summed E-state index contributed by atoms with van der Waals surface area (Å²) in [6, 6.07) is -0.844. The van der Waals surface area contributed by atoms with Crippen LogP contribution in [0.15, 0.2) is 72.9 Å². The van der Waals surface area contributed by atoms with Crippen molar-refractivity contribution in [3.63, 3.8) is 0 Å². The average molecular weight is 1000 g/mol. The van der Waals surface area contributed by atoms with Gasteiger partial charge in [-0.1, -0.05) is 183 Å². The number of allylic oxidation sites excluding steroid dienone is 11. The molecule has 1 heterocycles. The molecule has 7 atom stereocenters. The van der Waals surface area contributed by atoms with Gasteiger partial charge < -0.3 is 45.1 Å². The summed E-state index contributed by atoms with van der Waals surface area (Å²) in [4.78, 5) is 25.0. The Labute approximate surface area is 432 Å². The fraction of sp³-hybridized carbons (Fsp3) is 0.767. The molecule has 6 N–H and O–H groups in total. The van der Waals surface area contributed by atoms with Crippen molar-refractivity contribution < 1.29 is 49.3 Å². The van der Waals surface area contributed by atoms with Crippen molar-refractivity contribution in [2.24, 2.45) is 0 Å². The molecule has 1 saturated heterocycles. The Balaban J connectivity index is 2.16. The summed E-state index contributed by atoms with van der Waals surface area (Å²) < 4.78 is 16.6. The van der Waals surface area contributed by atoms with Gasteiger partial charge in [-0.2, -0.15) is 0 Å². The van der Waals surface area contributed by atoms with Gasteiger partial charge in [-0.05, 0) is 109 Å². The van der Waals surface area contributed by atoms with Crippen molar-refractivity contribution in [3.8, 4) is 0 Å². The lowest BCUT2D eigenvalue weighted by Gasteiger charge is -2.40. The molecule has 11 heteroatoms. The number of ether oxygens (including phenoxy) is 3. The Morgan fingerprint density at radius 3 is 1.52 bits per heavy atom. The summed E-state index contributed by atoms with van der Waals surface area (Å²) in [5.41, 5.74) is 0. The van der Waals surface area contributed by atoms with Gasteiger partial charge in [-0.15, -0.1) is 0 Å². The highest BCUT2D eigenvalue weighted by molar-refractivity contribution is 5.76. The smallest absolute Gasteiger partial charge is 0.305 e. The summed E-state index contributed by atoms with van der Waals surface area (Å²) in [7, 11) is 0. The Kier molecular flexibility index (Phi) is 45.9. The van der Waals surface area contributed by atoms with E-state index in [9.17, 15) is 35.1 Å². The molecule has 1 aliphatic heterocycles. The Bertz CT molecular complexity index is 1410. The maximum absolute atomic E-state index is 13.0. The summed E-state index contributed by atoms with van der Waals surface area (Å²) in [5.74, 6) is -0.250. The SMILES string of the molecule is CCCC/C=C\CCCCCCCC(=O)OCCCCC/C=C\C=C/CCCCCCCCCCCCC(=O)NC(COC1OC(CO)C(O)C(O)C1O)C(O)/C=C/CC/C=C/CC/C=C/CCCCC. The number of hydrogen-bond acceptors (Lipinski definition) is 10. The molecule has 1 rings (SSSR count). The first-order valence-electron chi connectivity index (χ1n) is 28.7. The van der Waals surface area contributed by atoms with E-state index in [4.69, 9.17) is 14.2 Å². The summed E-state index contributed by atoms with van der Waals surface area (Å²) >= 11 is 0. The number of aliphatic hydroxyl groups excluding tert-OH is 5. The minimum atomic E-state index is -1.59. The van der Waals surface area contributed by atoms with Crippen LogP contribution >= 0.6 is 0 Å². The van der Waals surface area contributed by atoms with Crippen LogP contribution in [0.4, 0.5) is 0 Å². The van der Waals surface area contributed by atoms with Gasteiger partial charge in [0.2, 0.25) is 5.91 Å². The maximum Gasteiger partial charge on any atom is 0.305 e. The van der Waals surface area contributed by atoms with Crippen LogP contribution in [-0.4, -0.2) is 100 Å². The molecule has 1 fully saturated rings. The topological polar surface area (TPSA) is 175 Å². The van der Waals surface area contributed by atoms with Crippen molar-refractivity contribution >= 4 is 11.9 Å². The second-order valence-corrected chi connectivity index (χ2v) is 19.6. The number of nitrogens with one attached hydrogen (secondary N) is 1. The third kappa shape index (κ3) is 39.3. The maximum atomic E-state index is 13.0. The van der Waals surface area contributed by atoms with E-state index in [-0.39, 0.29) is 18.5 Å². The molecule has 410 valence electrons. The molecule has 0 aliphatic carbocycles. The lowest BCUT2D eigenvalue weighted by Crippen LogP contribution is -2.60. The number of hydrogen-bond donors (Lipinski definition) is 6. The standard InChI is InChI=1S/C60H105NO10/c1-3-5-7-9-11-13-15-23-27-30-34-38-42-46-53(63)52(51-70-60-59(68)58(67)57(66)54(50-62)71-60)61-55(64)47-43-39-35-31-28-24-21-19-17-16-18-20-22-25-29-33-37-41-45-49-69-56(65)48-44-40-36-32-26-14-12-10-8-6-4-2/h10-13,20,22,25,27,29-30,42,46,52-54,57-60,62-63,66-68H,3-9,14-19,21,23-24,26,28,31-41,43-45,47-51H2,1-2H3,(H,61,64)/b12-10-,13-11+,22-20-,29-25-,30-27+,46-42+. The molecular weight excluding hydrogens is 895 g/mol. The van der Waals surface area contributed by atoms with Crippen LogP contribution in [0, 0.1) is 0 Å². The van der Waals surface area contributed by atoms with Crippen LogP contribution in [0.2, 0.25) is 0 Å². The second kappa shape index (κ2) is 49.3. The quantitative estimate of drug-likeness (QED) is 0.0149. The van der Waals surface area contributed by atoms with Gasteiger partial charge >= 0.3 is 5.97 Å². The molecule has 0 spiro atoms. The number of carbonyl (C=O) groups is 2. The largest absolute Gasteiger partial charge is 0.466 e. The van der Waals surface area contributed by atoms with Crippen LogP contribution in [0.25, 0.3) is 0 Å². The van der Waals surface area contributed by atoms with Crippen molar-refractivity contribution in [1.82, 2.24) is 5.32 Å². The van der Waals surface area contributed by atoms with E-state index in [0.29, 0.717) is 19.4 Å². The van der Waals surface area contributed by atoms with E-state index in [1.165, 1.54) is 103 Å². The lowest BCUT2D eigenvalue weighted by molar-refractivity contribution is -0.302. The average Bonchev–Trinajstić information content (AvgIpc) is 3.37. The fourth-order valence-electron chi connectivity index (χ4n) is 8.38. The number of esters is 1. The first-order valence-corrected chi connectivity index (χ1v) is 28.7. The minimum Gasteiger partial charge on any atom is -0.466 e. The Morgan fingerprint density at radius 1 is 0.521 bits per heavy atom. The number of aliphatic hydroxyl groups is 5. The third-order valence-electron chi connectivity index (χ3n) is 13.0. The molecule has 1 amide bonds. The zero-order valence-corrected chi connectivity index (χ0v) is 44.9. The zero-order chi connectivity index (χ0) is 51.7. The number of rotatable bonds is 48. The van der Waals surface area contributed by atoms with Gasteiger partial charge in [0.25, 0.3) is 0 Å². The highest BCUT2D eigenvalue weighted by Gasteiger charge is 2.44. The van der Waals surface area contributed by atoms with E-state index in [1.54, 1.807) is 6.08 Å². The van der Waals surface area contributed by atoms with Crippen LogP contribution in [0.5, 0.6) is 0 Å². The van der Waals surface area contributed by atoms with Crippen molar-refractivity contribution in [2.75, 3.05) is 19.8 Å². The summed E-state index contributed by atoms with van der Waals surface area (Å²) in [6.07, 6.45) is 54.2. The molecule has 11 nitrogen and oxygen atoms in total. The molecule has 0 aromatic rings. The van der Waals surface area contributed by atoms with E-state index < -0.39 is 49.5 Å². The zero-order valence-electron chi connectivity index (χ0n) is 44.9. The third-order valence-corrected chi connectivity index (χ3v) is 13.0. The van der Waals surface area contributed by atoms with Crippen LogP contribution in [0.3, 0.4) is 0 Å². The van der Waals surface area contributed by atoms with E-state index in [1.807, 2.05) is 6.08 Å². The van der Waals surface area contributed by atoms with Gasteiger partial charge in [0.1, 0.15) is 24.4 Å². The number of carbonyl (C=O) groups excluding carboxylic acids is 2. The van der Waals surface area contributed by atoms with Crippen molar-refractivity contribution in [2.45, 2.75) is 275 Å². The number of unbranched alkanes of at least 4 members (excludes halogenated alkanes) is 25. The predicted octanol–water partition coefficient (Wildman–Crippen LogP) is 12.8. The fourth-order valence-corrected chi connectivity index (χ4v) is 8.38. The Morgan fingerprint density at radius 2 is 0.972 bits per heavy atom. The van der Waals surface area contributed by atoms with Crippen LogP contribution in [-0.2, 0) is 23.8 Å². The molecule has 71 heavy (non-hydrogen) atoms. The Hall–Kier alpha value is -2.90. The molecule has 0 aromatic carbocycles. The van der Waals surface area contributed by atoms with Crippen LogP contribution < -0.4 is 5.32 Å². The van der Waals surface area contributed by atoms with E-state index >= 15 is 0 Å². The molecule has 0 bridgehead atoms. The molecule has 0 radical (unpaired) electrons.